The van der Waals surface area contributed by atoms with E-state index in [0.29, 0.717) is 0 Å². The minimum absolute atomic E-state index is 1.15. The van der Waals surface area contributed by atoms with Gasteiger partial charge in [0, 0.05) is 38.2 Å². The molecule has 0 spiro atoms. The lowest BCUT2D eigenvalue weighted by atomic mass is 9.97. The molecule has 296 valence electrons. The molecule has 14 rings (SSSR count). The van der Waals surface area contributed by atoms with E-state index in [0.717, 1.165) is 5.69 Å². The number of hydrogen-bond acceptors (Lipinski definition) is 0. The smallest absolute Gasteiger partial charge is 0.0619 e. The van der Waals surface area contributed by atoms with Crippen LogP contribution in [0.5, 0.6) is 0 Å². The Morgan fingerprint density at radius 2 is 0.828 bits per heavy atom. The molecule has 0 radical (unpaired) electrons. The Kier molecular flexibility index (Phi) is 7.43. The first kappa shape index (κ1) is 35.2. The Bertz CT molecular complexity index is 4050. The van der Waals surface area contributed by atoms with Crippen molar-refractivity contribution in [3.05, 3.63) is 231 Å². The molecule has 1 aliphatic rings. The summed E-state index contributed by atoms with van der Waals surface area (Å²) in [5.74, 6) is 0. The molecule has 64 heavy (non-hydrogen) atoms. The zero-order valence-electron chi connectivity index (χ0n) is 34.8. The highest BCUT2D eigenvalue weighted by Gasteiger charge is 2.22. The van der Waals surface area contributed by atoms with Gasteiger partial charge in [0.15, 0.2) is 0 Å². The number of nitrogens with zero attached hydrogens (tertiary/aromatic N) is 2. The molecule has 2 nitrogen and oxygen atoms in total. The molecule has 0 atom stereocenters. The van der Waals surface area contributed by atoms with Crippen LogP contribution in [0, 0.1) is 0 Å². The van der Waals surface area contributed by atoms with Gasteiger partial charge in [0.25, 0.3) is 0 Å². The Morgan fingerprint density at radius 3 is 1.64 bits per heavy atom. The summed E-state index contributed by atoms with van der Waals surface area (Å²) in [4.78, 5) is 0. The van der Waals surface area contributed by atoms with Crippen molar-refractivity contribution in [3.8, 4) is 67.0 Å². The van der Waals surface area contributed by atoms with E-state index in [9.17, 15) is 0 Å². The van der Waals surface area contributed by atoms with Gasteiger partial charge >= 0.3 is 0 Å². The van der Waals surface area contributed by atoms with E-state index in [-0.39, 0.29) is 0 Å². The molecule has 0 aliphatic heterocycles. The van der Waals surface area contributed by atoms with Crippen molar-refractivity contribution in [2.45, 2.75) is 0 Å². The number of benzene rings is 11. The summed E-state index contributed by atoms with van der Waals surface area (Å²) in [6.07, 6.45) is 0. The molecule has 0 N–H and O–H groups in total. The topological polar surface area (TPSA) is 9.86 Å². The van der Waals surface area contributed by atoms with Crippen LogP contribution in [0.2, 0.25) is 0 Å². The maximum Gasteiger partial charge on any atom is 0.0619 e. The zero-order chi connectivity index (χ0) is 41.9. The highest BCUT2D eigenvalue weighted by molar-refractivity contribution is 6.20. The zero-order valence-corrected chi connectivity index (χ0v) is 34.8. The SMILES string of the molecule is c1ccc(-c2ccccc2-n2c3ccc(-c4ccc5c(c4)c4ccccc4n5-c4ccc(-c5ccc6c(c5)-c5cccc7cccc-6c57)cc4)cc3c3ccc4ccccc4c32)cc1. The third-order valence-electron chi connectivity index (χ3n) is 13.9. The molecular formula is C62H38N2. The lowest BCUT2D eigenvalue weighted by molar-refractivity contribution is 1.18. The minimum atomic E-state index is 1.15. The number of rotatable bonds is 5. The van der Waals surface area contributed by atoms with Crippen molar-refractivity contribution in [1.82, 2.24) is 9.13 Å². The first-order valence-electron chi connectivity index (χ1n) is 22.2. The molecule has 0 bridgehead atoms. The number of para-hydroxylation sites is 2. The Labute approximate surface area is 370 Å². The summed E-state index contributed by atoms with van der Waals surface area (Å²) in [5.41, 5.74) is 19.7. The molecule has 0 saturated heterocycles. The average Bonchev–Trinajstić information content (AvgIpc) is 4.00. The predicted molar refractivity (Wildman–Crippen MR) is 271 cm³/mol. The van der Waals surface area contributed by atoms with E-state index in [2.05, 4.69) is 240 Å². The highest BCUT2D eigenvalue weighted by Crippen LogP contribution is 2.48. The summed E-state index contributed by atoms with van der Waals surface area (Å²) in [7, 11) is 0. The first-order valence-corrected chi connectivity index (χ1v) is 22.2. The molecule has 11 aromatic carbocycles. The molecule has 13 aromatic rings. The quantitative estimate of drug-likeness (QED) is 0.164. The largest absolute Gasteiger partial charge is 0.309 e. The van der Waals surface area contributed by atoms with E-state index in [1.54, 1.807) is 0 Å². The molecule has 0 fully saturated rings. The fourth-order valence-electron chi connectivity index (χ4n) is 10.9. The first-order chi connectivity index (χ1) is 31.7. The Hall–Kier alpha value is -8.46. The monoisotopic (exact) mass is 810 g/mol. The van der Waals surface area contributed by atoms with Crippen molar-refractivity contribution < 1.29 is 0 Å². The van der Waals surface area contributed by atoms with Crippen LogP contribution in [0.1, 0.15) is 0 Å². The Balaban J connectivity index is 0.887. The van der Waals surface area contributed by atoms with E-state index < -0.39 is 0 Å². The maximum atomic E-state index is 2.49. The highest BCUT2D eigenvalue weighted by atomic mass is 15.0. The third kappa shape index (κ3) is 5.08. The van der Waals surface area contributed by atoms with Gasteiger partial charge in [-0.15, -0.1) is 0 Å². The van der Waals surface area contributed by atoms with Crippen LogP contribution in [0.4, 0.5) is 0 Å². The van der Waals surface area contributed by atoms with E-state index >= 15 is 0 Å². The van der Waals surface area contributed by atoms with Gasteiger partial charge in [-0.05, 0) is 121 Å². The van der Waals surface area contributed by atoms with Gasteiger partial charge in [0.1, 0.15) is 0 Å². The molecule has 0 unspecified atom stereocenters. The van der Waals surface area contributed by atoms with Crippen LogP contribution in [-0.2, 0) is 0 Å². The average molecular weight is 811 g/mol. The standard InChI is InChI=1S/C62H38N2/c1-2-12-40(13-3-1)47-17-6-8-22-57(47)64-60-35-29-45(38-56(60)53-33-26-41-14-4-5-18-48(41)62(53)64)44-28-34-59-55(37-44)50-19-7-9-23-58(50)63(59)46-30-24-39(25-31-46)43-27-32-49-51-20-10-15-42-16-11-21-52(61(42)51)54(49)36-43/h1-38H. The van der Waals surface area contributed by atoms with Gasteiger partial charge in [-0.3, -0.25) is 0 Å². The normalized spacial score (nSPS) is 12.1. The number of fused-ring (bicyclic) bond motifs is 11. The molecule has 0 amide bonds. The van der Waals surface area contributed by atoms with Gasteiger partial charge in [-0.25, -0.2) is 0 Å². The van der Waals surface area contributed by atoms with Crippen LogP contribution < -0.4 is 0 Å². The van der Waals surface area contributed by atoms with Crippen molar-refractivity contribution >= 4 is 65.2 Å². The predicted octanol–water partition coefficient (Wildman–Crippen LogP) is 16.8. The van der Waals surface area contributed by atoms with Crippen molar-refractivity contribution in [2.24, 2.45) is 0 Å². The molecule has 0 saturated carbocycles. The fraction of sp³-hybridized carbons (Fsp3) is 0. The van der Waals surface area contributed by atoms with Crippen molar-refractivity contribution in [2.75, 3.05) is 0 Å². The molecule has 2 aromatic heterocycles. The lowest BCUT2D eigenvalue weighted by Gasteiger charge is -2.15. The van der Waals surface area contributed by atoms with Crippen molar-refractivity contribution in [3.63, 3.8) is 0 Å². The molecule has 1 aliphatic carbocycles. The molecular weight excluding hydrogens is 773 g/mol. The summed E-state index contributed by atoms with van der Waals surface area (Å²) >= 11 is 0. The molecule has 2 heteroatoms. The molecule has 2 heterocycles. The number of aromatic nitrogens is 2. The minimum Gasteiger partial charge on any atom is -0.309 e. The summed E-state index contributed by atoms with van der Waals surface area (Å²) in [6, 6.07) is 85.2. The number of hydrogen-bond donors (Lipinski definition) is 0. The second-order valence-corrected chi connectivity index (χ2v) is 17.2. The van der Waals surface area contributed by atoms with E-state index in [1.807, 2.05) is 0 Å². The van der Waals surface area contributed by atoms with Crippen LogP contribution in [0.3, 0.4) is 0 Å². The summed E-state index contributed by atoms with van der Waals surface area (Å²) < 4.78 is 4.91. The van der Waals surface area contributed by atoms with Crippen LogP contribution in [0.25, 0.3) is 132 Å². The van der Waals surface area contributed by atoms with Crippen LogP contribution in [-0.4, -0.2) is 9.13 Å². The second kappa shape index (κ2) is 13.5. The lowest BCUT2D eigenvalue weighted by Crippen LogP contribution is -1.97. The van der Waals surface area contributed by atoms with Gasteiger partial charge in [-0.2, -0.15) is 0 Å². The fourth-order valence-corrected chi connectivity index (χ4v) is 10.9. The van der Waals surface area contributed by atoms with Gasteiger partial charge in [0.05, 0.1) is 27.8 Å². The van der Waals surface area contributed by atoms with Gasteiger partial charge in [0.2, 0.25) is 0 Å². The third-order valence-corrected chi connectivity index (χ3v) is 13.9. The van der Waals surface area contributed by atoms with Crippen LogP contribution >= 0.6 is 0 Å². The van der Waals surface area contributed by atoms with E-state index in [4.69, 9.17) is 0 Å². The van der Waals surface area contributed by atoms with Crippen LogP contribution in [0.15, 0.2) is 231 Å². The Morgan fingerprint density at radius 1 is 0.250 bits per heavy atom. The summed E-state index contributed by atoms with van der Waals surface area (Å²) in [5, 5.41) is 10.1. The summed E-state index contributed by atoms with van der Waals surface area (Å²) in [6.45, 7) is 0. The van der Waals surface area contributed by atoms with Gasteiger partial charge in [-0.1, -0.05) is 176 Å². The second-order valence-electron chi connectivity index (χ2n) is 17.2. The maximum absolute atomic E-state index is 2.49. The van der Waals surface area contributed by atoms with E-state index in [1.165, 1.54) is 126 Å². The van der Waals surface area contributed by atoms with Crippen molar-refractivity contribution in [1.29, 1.82) is 0 Å². The van der Waals surface area contributed by atoms with Gasteiger partial charge < -0.3 is 9.13 Å².